The number of nitrogens with one attached hydrogen (secondary N) is 1. The van der Waals surface area contributed by atoms with Crippen LogP contribution in [-0.2, 0) is 25.6 Å². The van der Waals surface area contributed by atoms with Crippen LogP contribution in [0.1, 0.15) is 57.7 Å². The monoisotopic (exact) mass is 524 g/mol. The predicted octanol–water partition coefficient (Wildman–Crippen LogP) is 2.70. The van der Waals surface area contributed by atoms with Gasteiger partial charge in [-0.15, -0.1) is 0 Å². The molecule has 11 nitrogen and oxygen atoms in total. The molecule has 3 atom stereocenters. The molecule has 2 aliphatic rings. The van der Waals surface area contributed by atoms with Gasteiger partial charge < -0.3 is 30.4 Å². The van der Waals surface area contributed by atoms with Crippen molar-refractivity contribution >= 4 is 23.0 Å². The molecule has 0 radical (unpaired) electrons. The van der Waals surface area contributed by atoms with Crippen LogP contribution < -0.4 is 11.1 Å². The molecule has 0 unspecified atom stereocenters. The lowest BCUT2D eigenvalue weighted by Crippen LogP contribution is -2.47. The summed E-state index contributed by atoms with van der Waals surface area (Å²) in [6.45, 7) is 4.14. The molecule has 1 aliphatic carbocycles. The summed E-state index contributed by atoms with van der Waals surface area (Å²) in [7, 11) is 0. The molecule has 0 amide bonds. The van der Waals surface area contributed by atoms with Gasteiger partial charge in [0.15, 0.2) is 17.3 Å². The summed E-state index contributed by atoms with van der Waals surface area (Å²) in [5.41, 5.74) is 8.06. The maximum Gasteiger partial charge on any atom is 0.306 e. The number of hydrogen-bond donors (Lipinski definition) is 3. The lowest BCUT2D eigenvalue weighted by molar-refractivity contribution is -0.214. The van der Waals surface area contributed by atoms with Crippen molar-refractivity contribution in [2.24, 2.45) is 5.92 Å². The Morgan fingerprint density at radius 1 is 1.21 bits per heavy atom. The molecule has 1 saturated carbocycles. The highest BCUT2D eigenvalue weighted by Crippen LogP contribution is 2.36. The second-order valence-electron chi connectivity index (χ2n) is 10.7. The average molecular weight is 525 g/mol. The van der Waals surface area contributed by atoms with Crippen molar-refractivity contribution in [3.63, 3.8) is 0 Å². The Hall–Kier alpha value is -3.12. The van der Waals surface area contributed by atoms with Gasteiger partial charge in [-0.05, 0) is 44.6 Å². The van der Waals surface area contributed by atoms with Crippen LogP contribution in [0, 0.1) is 5.92 Å². The highest BCUT2D eigenvalue weighted by Gasteiger charge is 2.41. The van der Waals surface area contributed by atoms with E-state index in [2.05, 4.69) is 20.3 Å². The lowest BCUT2D eigenvalue weighted by atomic mass is 9.77. The zero-order valence-electron chi connectivity index (χ0n) is 21.8. The van der Waals surface area contributed by atoms with Crippen LogP contribution in [-0.4, -0.2) is 61.2 Å². The number of nitrogens with zero attached hydrogens (tertiary/aromatic N) is 4. The number of esters is 1. The van der Waals surface area contributed by atoms with Gasteiger partial charge in [0.25, 0.3) is 0 Å². The number of nitrogen functional groups attached to an aromatic ring is 1. The Morgan fingerprint density at radius 2 is 2.00 bits per heavy atom. The molecule has 4 N–H and O–H groups in total. The van der Waals surface area contributed by atoms with Gasteiger partial charge in [0.1, 0.15) is 24.7 Å². The van der Waals surface area contributed by atoms with Gasteiger partial charge in [0.05, 0.1) is 18.5 Å². The third kappa shape index (κ3) is 6.47. The minimum absolute atomic E-state index is 0.152. The summed E-state index contributed by atoms with van der Waals surface area (Å²) in [5.74, 6) is -0.624. The van der Waals surface area contributed by atoms with E-state index in [9.17, 15) is 9.90 Å². The SMILES string of the molecule is CC(C)(O)O[C@H]1C[C@H](n2cnc3c(N)ncnc32)O[C@@H]1CNC1CC(CCC(=O)OCc2ccccc2)C1. The molecular weight excluding hydrogens is 488 g/mol. The fourth-order valence-corrected chi connectivity index (χ4v) is 5.18. The van der Waals surface area contributed by atoms with Crippen LogP contribution in [0.25, 0.3) is 11.2 Å². The molecule has 5 rings (SSSR count). The average Bonchev–Trinajstić information content (AvgIpc) is 3.46. The first-order chi connectivity index (χ1) is 18.2. The Kier molecular flexibility index (Phi) is 7.89. The summed E-state index contributed by atoms with van der Waals surface area (Å²) in [6.07, 6.45) is 5.92. The number of imidazole rings is 1. The number of benzene rings is 1. The van der Waals surface area contributed by atoms with Gasteiger partial charge in [0, 0.05) is 25.4 Å². The van der Waals surface area contributed by atoms with Gasteiger partial charge in [-0.3, -0.25) is 9.36 Å². The number of anilines is 1. The van der Waals surface area contributed by atoms with E-state index in [-0.39, 0.29) is 24.4 Å². The van der Waals surface area contributed by atoms with Crippen molar-refractivity contribution in [2.45, 2.75) is 82.8 Å². The summed E-state index contributed by atoms with van der Waals surface area (Å²) in [4.78, 5) is 24.8. The van der Waals surface area contributed by atoms with Crippen molar-refractivity contribution < 1.29 is 24.1 Å². The van der Waals surface area contributed by atoms with E-state index in [0.717, 1.165) is 24.8 Å². The number of fused-ring (bicyclic) bond motifs is 1. The van der Waals surface area contributed by atoms with Gasteiger partial charge in [0.2, 0.25) is 0 Å². The minimum Gasteiger partial charge on any atom is -0.461 e. The second kappa shape index (κ2) is 11.3. The van der Waals surface area contributed by atoms with Crippen molar-refractivity contribution in [1.29, 1.82) is 0 Å². The molecule has 1 aliphatic heterocycles. The Labute approximate surface area is 221 Å². The third-order valence-corrected chi connectivity index (χ3v) is 7.16. The number of aromatic nitrogens is 4. The van der Waals surface area contributed by atoms with Crippen LogP contribution in [0.3, 0.4) is 0 Å². The summed E-state index contributed by atoms with van der Waals surface area (Å²) in [6, 6.07) is 10.1. The maximum atomic E-state index is 12.1. The summed E-state index contributed by atoms with van der Waals surface area (Å²) < 4.78 is 19.5. The fourth-order valence-electron chi connectivity index (χ4n) is 5.18. The smallest absolute Gasteiger partial charge is 0.306 e. The van der Waals surface area contributed by atoms with E-state index in [1.165, 1.54) is 6.33 Å². The molecule has 0 bridgehead atoms. The first kappa shape index (κ1) is 26.5. The number of aliphatic hydroxyl groups is 1. The molecule has 0 spiro atoms. The normalized spacial score (nSPS) is 25.4. The molecule has 11 heteroatoms. The summed E-state index contributed by atoms with van der Waals surface area (Å²) in [5, 5.41) is 13.9. The van der Waals surface area contributed by atoms with E-state index in [0.29, 0.717) is 54.9 Å². The topological polar surface area (TPSA) is 147 Å². The molecule has 2 fully saturated rings. The first-order valence-corrected chi connectivity index (χ1v) is 13.2. The van der Waals surface area contributed by atoms with E-state index < -0.39 is 5.79 Å². The van der Waals surface area contributed by atoms with E-state index in [1.807, 2.05) is 34.9 Å². The third-order valence-electron chi connectivity index (χ3n) is 7.16. The number of rotatable bonds is 11. The molecule has 38 heavy (non-hydrogen) atoms. The molecule has 1 aromatic carbocycles. The van der Waals surface area contributed by atoms with E-state index >= 15 is 0 Å². The summed E-state index contributed by atoms with van der Waals surface area (Å²) >= 11 is 0. The van der Waals surface area contributed by atoms with Crippen molar-refractivity contribution in [2.75, 3.05) is 12.3 Å². The van der Waals surface area contributed by atoms with Gasteiger partial charge in [-0.25, -0.2) is 15.0 Å². The predicted molar refractivity (Wildman–Crippen MR) is 139 cm³/mol. The number of carbonyl (C=O) groups is 1. The quantitative estimate of drug-likeness (QED) is 0.253. The van der Waals surface area contributed by atoms with Gasteiger partial charge in [-0.1, -0.05) is 30.3 Å². The van der Waals surface area contributed by atoms with Crippen LogP contribution in [0.5, 0.6) is 0 Å². The standard InChI is InChI=1S/C27H36N6O5/c1-27(2,35)38-20-12-22(33-16-32-24-25(28)30-15-31-26(24)33)37-21(20)13-29-19-10-18(11-19)8-9-23(34)36-14-17-6-4-3-5-7-17/h3-7,15-16,18-22,29,35H,8-14H2,1-2H3,(H2,28,30,31)/t18?,19?,20-,21+,22+/m0/s1. The zero-order valence-corrected chi connectivity index (χ0v) is 21.8. The molecule has 204 valence electrons. The van der Waals surface area contributed by atoms with Gasteiger partial charge >= 0.3 is 5.97 Å². The molecular formula is C27H36N6O5. The lowest BCUT2D eigenvalue weighted by Gasteiger charge is -2.37. The Balaban J connectivity index is 1.08. The maximum absolute atomic E-state index is 12.1. The molecule has 3 heterocycles. The van der Waals surface area contributed by atoms with Crippen LogP contribution >= 0.6 is 0 Å². The molecule has 2 aromatic heterocycles. The molecule has 1 saturated heterocycles. The highest BCUT2D eigenvalue weighted by atomic mass is 16.6. The highest BCUT2D eigenvalue weighted by molar-refractivity contribution is 5.81. The number of hydrogen-bond acceptors (Lipinski definition) is 10. The second-order valence-corrected chi connectivity index (χ2v) is 10.7. The Morgan fingerprint density at radius 3 is 2.76 bits per heavy atom. The number of carbonyl (C=O) groups excluding carboxylic acids is 1. The van der Waals surface area contributed by atoms with Crippen LogP contribution in [0.15, 0.2) is 43.0 Å². The first-order valence-electron chi connectivity index (χ1n) is 13.2. The van der Waals surface area contributed by atoms with E-state index in [4.69, 9.17) is 19.9 Å². The van der Waals surface area contributed by atoms with E-state index in [1.54, 1.807) is 20.2 Å². The van der Waals surface area contributed by atoms with Crippen molar-refractivity contribution in [3.8, 4) is 0 Å². The Bertz CT molecular complexity index is 1220. The molecule has 3 aromatic rings. The minimum atomic E-state index is -1.29. The fraction of sp³-hybridized carbons (Fsp3) is 0.556. The van der Waals surface area contributed by atoms with Crippen LogP contribution in [0.4, 0.5) is 5.82 Å². The zero-order chi connectivity index (χ0) is 26.7. The van der Waals surface area contributed by atoms with Crippen molar-refractivity contribution in [3.05, 3.63) is 48.5 Å². The largest absolute Gasteiger partial charge is 0.461 e. The van der Waals surface area contributed by atoms with Gasteiger partial charge in [-0.2, -0.15) is 0 Å². The number of ether oxygens (including phenoxy) is 3. The van der Waals surface area contributed by atoms with Crippen LogP contribution in [0.2, 0.25) is 0 Å². The number of nitrogens with two attached hydrogens (primary N) is 1. The van der Waals surface area contributed by atoms with Crippen molar-refractivity contribution in [1.82, 2.24) is 24.8 Å².